The Balaban J connectivity index is 2.73. The smallest absolute Gasteiger partial charge is 0.242 e. The third-order valence-corrected chi connectivity index (χ3v) is 3.90. The molecular weight excluding hydrogens is 260 g/mol. The summed E-state index contributed by atoms with van der Waals surface area (Å²) in [5.74, 6) is 1.06. The molecule has 0 aliphatic rings. The molecule has 0 aliphatic carbocycles. The van der Waals surface area contributed by atoms with Crippen LogP contribution in [-0.2, 0) is 4.43 Å². The van der Waals surface area contributed by atoms with Crippen LogP contribution in [0.4, 0.5) is 0 Å². The first-order valence-corrected chi connectivity index (χ1v) is 10.9. The van der Waals surface area contributed by atoms with Gasteiger partial charge >= 0.3 is 0 Å². The Kier molecular flexibility index (Phi) is 6.80. The van der Waals surface area contributed by atoms with Crippen LogP contribution in [0.15, 0.2) is 48.1 Å². The van der Waals surface area contributed by atoms with Gasteiger partial charge in [0.2, 0.25) is 8.32 Å². The second kappa shape index (κ2) is 8.10. The Morgan fingerprint density at radius 3 is 2.35 bits per heavy atom. The summed E-state index contributed by atoms with van der Waals surface area (Å²) < 4.78 is 6.24. The highest BCUT2D eigenvalue weighted by molar-refractivity contribution is 6.70. The molecule has 1 rings (SSSR count). The van der Waals surface area contributed by atoms with Crippen molar-refractivity contribution in [3.05, 3.63) is 53.6 Å². The molecule has 0 aliphatic heterocycles. The van der Waals surface area contributed by atoms with Crippen molar-refractivity contribution in [1.82, 2.24) is 0 Å². The van der Waals surface area contributed by atoms with Gasteiger partial charge in [-0.2, -0.15) is 0 Å². The molecule has 0 saturated heterocycles. The van der Waals surface area contributed by atoms with Gasteiger partial charge in [-0.05, 0) is 58.8 Å². The van der Waals surface area contributed by atoms with Crippen molar-refractivity contribution in [3.63, 3.8) is 0 Å². The van der Waals surface area contributed by atoms with Crippen LogP contribution in [-0.4, -0.2) is 8.32 Å². The molecule has 0 unspecified atom stereocenters. The highest BCUT2D eigenvalue weighted by atomic mass is 28.4. The van der Waals surface area contributed by atoms with E-state index in [4.69, 9.17) is 4.43 Å². The summed E-state index contributed by atoms with van der Waals surface area (Å²) in [5, 5.41) is 0. The van der Waals surface area contributed by atoms with Crippen molar-refractivity contribution in [2.75, 3.05) is 0 Å². The summed E-state index contributed by atoms with van der Waals surface area (Å²) in [6.45, 7) is 11.0. The van der Waals surface area contributed by atoms with E-state index in [0.717, 1.165) is 12.2 Å². The molecule has 110 valence electrons. The number of unbranched alkanes of at least 4 members (excludes halogenated alkanes) is 1. The number of hydrogen-bond acceptors (Lipinski definition) is 1. The zero-order valence-corrected chi connectivity index (χ0v) is 14.6. The molecule has 0 spiro atoms. The highest BCUT2D eigenvalue weighted by Gasteiger charge is 2.18. The summed E-state index contributed by atoms with van der Waals surface area (Å²) in [4.78, 5) is 0. The first-order valence-electron chi connectivity index (χ1n) is 7.49. The van der Waals surface area contributed by atoms with Gasteiger partial charge in [0, 0.05) is 5.56 Å². The maximum atomic E-state index is 6.24. The Morgan fingerprint density at radius 2 is 1.80 bits per heavy atom. The van der Waals surface area contributed by atoms with Crippen LogP contribution in [0.2, 0.25) is 19.6 Å². The fraction of sp³-hybridized carbons (Fsp3) is 0.444. The van der Waals surface area contributed by atoms with E-state index in [1.807, 2.05) is 6.07 Å². The van der Waals surface area contributed by atoms with E-state index < -0.39 is 8.32 Å². The molecule has 1 aromatic rings. The number of hydrogen-bond donors (Lipinski definition) is 0. The molecule has 1 nitrogen and oxygen atoms in total. The lowest BCUT2D eigenvalue weighted by molar-refractivity contribution is 0.511. The summed E-state index contributed by atoms with van der Waals surface area (Å²) in [6, 6.07) is 10.4. The SMILES string of the molecule is C/C=C(\C)CCC/C=C(\O[Si](C)(C)C)c1ccccc1. The third-order valence-electron chi connectivity index (χ3n) is 3.07. The molecule has 0 atom stereocenters. The molecule has 0 bridgehead atoms. The summed E-state index contributed by atoms with van der Waals surface area (Å²) in [6.07, 6.45) is 7.88. The topological polar surface area (TPSA) is 9.23 Å². The van der Waals surface area contributed by atoms with E-state index >= 15 is 0 Å². The third kappa shape index (κ3) is 6.76. The van der Waals surface area contributed by atoms with Gasteiger partial charge in [-0.15, -0.1) is 0 Å². The Labute approximate surface area is 125 Å². The first-order chi connectivity index (χ1) is 9.42. The van der Waals surface area contributed by atoms with Gasteiger partial charge in [0.25, 0.3) is 0 Å². The van der Waals surface area contributed by atoms with Crippen LogP contribution in [0.1, 0.15) is 38.7 Å². The van der Waals surface area contributed by atoms with Crippen molar-refractivity contribution in [2.45, 2.75) is 52.8 Å². The molecule has 0 fully saturated rings. The fourth-order valence-corrected chi connectivity index (χ4v) is 2.77. The van der Waals surface area contributed by atoms with E-state index in [0.29, 0.717) is 0 Å². The van der Waals surface area contributed by atoms with Crippen LogP contribution in [0.5, 0.6) is 0 Å². The fourth-order valence-electron chi connectivity index (χ4n) is 1.91. The Morgan fingerprint density at radius 1 is 1.15 bits per heavy atom. The van der Waals surface area contributed by atoms with Gasteiger partial charge in [-0.25, -0.2) is 0 Å². The van der Waals surface area contributed by atoms with Crippen molar-refractivity contribution in [2.24, 2.45) is 0 Å². The maximum absolute atomic E-state index is 6.24. The number of rotatable bonds is 7. The number of benzene rings is 1. The predicted octanol–water partition coefficient (Wildman–Crippen LogP) is 6.02. The molecular formula is C18H28OSi. The standard InChI is InChI=1S/C18H28OSi/c1-6-16(2)12-10-11-15-18(19-20(3,4)5)17-13-8-7-9-14-17/h6-9,13-15H,10-12H2,1-5H3/b16-6+,18-15-. The molecule has 0 saturated carbocycles. The van der Waals surface area contributed by atoms with E-state index in [-0.39, 0.29) is 0 Å². The van der Waals surface area contributed by atoms with Gasteiger partial charge < -0.3 is 4.43 Å². The van der Waals surface area contributed by atoms with E-state index in [9.17, 15) is 0 Å². The normalized spacial score (nSPS) is 13.4. The minimum atomic E-state index is -1.57. The van der Waals surface area contributed by atoms with Crippen molar-refractivity contribution in [3.8, 4) is 0 Å². The summed E-state index contributed by atoms with van der Waals surface area (Å²) in [5.41, 5.74) is 2.66. The molecule has 0 radical (unpaired) electrons. The number of allylic oxidation sites excluding steroid dienone is 3. The monoisotopic (exact) mass is 288 g/mol. The van der Waals surface area contributed by atoms with Crippen molar-refractivity contribution < 1.29 is 4.43 Å². The highest BCUT2D eigenvalue weighted by Crippen LogP contribution is 2.22. The Hall–Kier alpha value is -1.28. The zero-order valence-electron chi connectivity index (χ0n) is 13.6. The molecule has 0 N–H and O–H groups in total. The molecule has 2 heteroatoms. The van der Waals surface area contributed by atoms with Crippen LogP contribution >= 0.6 is 0 Å². The zero-order chi connectivity index (χ0) is 15.0. The molecule has 20 heavy (non-hydrogen) atoms. The average molecular weight is 289 g/mol. The van der Waals surface area contributed by atoms with Gasteiger partial charge in [0.05, 0.1) is 0 Å². The van der Waals surface area contributed by atoms with Crippen LogP contribution in [0.3, 0.4) is 0 Å². The maximum Gasteiger partial charge on any atom is 0.242 e. The lowest BCUT2D eigenvalue weighted by atomic mass is 10.1. The molecule has 0 heterocycles. The lowest BCUT2D eigenvalue weighted by Gasteiger charge is -2.22. The minimum absolute atomic E-state index is 1.06. The second-order valence-electron chi connectivity index (χ2n) is 6.18. The van der Waals surface area contributed by atoms with Crippen molar-refractivity contribution in [1.29, 1.82) is 0 Å². The van der Waals surface area contributed by atoms with Crippen molar-refractivity contribution >= 4 is 14.1 Å². The van der Waals surface area contributed by atoms with Crippen LogP contribution < -0.4 is 0 Å². The van der Waals surface area contributed by atoms with E-state index in [1.54, 1.807) is 0 Å². The molecule has 0 aromatic heterocycles. The second-order valence-corrected chi connectivity index (χ2v) is 10.6. The molecule has 0 amide bonds. The largest absolute Gasteiger partial charge is 0.544 e. The Bertz CT molecular complexity index is 452. The summed E-state index contributed by atoms with van der Waals surface area (Å²) in [7, 11) is -1.57. The van der Waals surface area contributed by atoms with Gasteiger partial charge in [-0.3, -0.25) is 0 Å². The minimum Gasteiger partial charge on any atom is -0.544 e. The molecule has 1 aromatic carbocycles. The van der Waals surface area contributed by atoms with E-state index in [2.05, 4.69) is 69.9 Å². The predicted molar refractivity (Wildman–Crippen MR) is 92.1 cm³/mol. The quantitative estimate of drug-likeness (QED) is 0.258. The summed E-state index contributed by atoms with van der Waals surface area (Å²) >= 11 is 0. The lowest BCUT2D eigenvalue weighted by Crippen LogP contribution is -2.24. The van der Waals surface area contributed by atoms with E-state index in [1.165, 1.54) is 24.0 Å². The average Bonchev–Trinajstić information content (AvgIpc) is 2.41. The van der Waals surface area contributed by atoms with Gasteiger partial charge in [0.15, 0.2) is 0 Å². The van der Waals surface area contributed by atoms with Gasteiger partial charge in [0.1, 0.15) is 5.76 Å². The van der Waals surface area contributed by atoms with Crippen LogP contribution in [0.25, 0.3) is 5.76 Å². The van der Waals surface area contributed by atoms with Crippen LogP contribution in [0, 0.1) is 0 Å². The first kappa shape index (κ1) is 16.8. The van der Waals surface area contributed by atoms with Gasteiger partial charge in [-0.1, -0.05) is 42.0 Å².